The van der Waals surface area contributed by atoms with E-state index >= 15 is 0 Å². The first kappa shape index (κ1) is 21.3. The molecule has 0 unspecified atom stereocenters. The first-order chi connectivity index (χ1) is 15.1. The number of piperidine rings is 1. The topological polar surface area (TPSA) is 80.5 Å². The van der Waals surface area contributed by atoms with E-state index in [4.69, 9.17) is 20.9 Å². The molecule has 0 saturated carbocycles. The Hall–Kier alpha value is -2.90. The molecule has 0 spiro atoms. The third-order valence-electron chi connectivity index (χ3n) is 5.46. The number of carbonyl (C=O) groups is 1. The minimum Gasteiger partial charge on any atom is -0.497 e. The standard InChI is InChI=1S/C23H25ClN4O3/c1-30-20-7-3-5-18(13-20)22-26-21(31-27-22)14-25-23(29)17-8-10-28(11-9-17)15-16-4-2-6-19(24)12-16/h2-7,12-13,17H,8-11,14-15H2,1H3,(H,25,29). The van der Waals surface area contributed by atoms with Crippen LogP contribution in [0.15, 0.2) is 53.1 Å². The van der Waals surface area contributed by atoms with Crippen molar-refractivity contribution in [3.8, 4) is 17.1 Å². The Morgan fingerprint density at radius 2 is 2.03 bits per heavy atom. The normalized spacial score (nSPS) is 15.0. The number of benzene rings is 2. The third kappa shape index (κ3) is 5.62. The van der Waals surface area contributed by atoms with Crippen molar-refractivity contribution in [3.63, 3.8) is 0 Å². The number of aromatic nitrogens is 2. The lowest BCUT2D eigenvalue weighted by Crippen LogP contribution is -2.40. The summed E-state index contributed by atoms with van der Waals surface area (Å²) in [6.45, 7) is 2.83. The van der Waals surface area contributed by atoms with E-state index < -0.39 is 0 Å². The number of methoxy groups -OCH3 is 1. The number of ether oxygens (including phenoxy) is 1. The maximum absolute atomic E-state index is 12.6. The number of nitrogens with zero attached hydrogens (tertiary/aromatic N) is 3. The van der Waals surface area contributed by atoms with Crippen molar-refractivity contribution in [3.05, 3.63) is 65.0 Å². The third-order valence-corrected chi connectivity index (χ3v) is 5.70. The van der Waals surface area contributed by atoms with Crippen molar-refractivity contribution in [2.45, 2.75) is 25.9 Å². The largest absolute Gasteiger partial charge is 0.497 e. The fourth-order valence-electron chi connectivity index (χ4n) is 3.76. The van der Waals surface area contributed by atoms with Crippen LogP contribution in [0.25, 0.3) is 11.4 Å². The van der Waals surface area contributed by atoms with Crippen LogP contribution in [0.5, 0.6) is 5.75 Å². The highest BCUT2D eigenvalue weighted by atomic mass is 35.5. The fraction of sp³-hybridized carbons (Fsp3) is 0.348. The van der Waals surface area contributed by atoms with Crippen LogP contribution in [0.1, 0.15) is 24.3 Å². The lowest BCUT2D eigenvalue weighted by Gasteiger charge is -2.31. The van der Waals surface area contributed by atoms with E-state index in [0.29, 0.717) is 11.7 Å². The summed E-state index contributed by atoms with van der Waals surface area (Å²) in [7, 11) is 1.61. The molecule has 7 nitrogen and oxygen atoms in total. The number of likely N-dealkylation sites (tertiary alicyclic amines) is 1. The molecule has 1 aromatic heterocycles. The van der Waals surface area contributed by atoms with Gasteiger partial charge in [-0.25, -0.2) is 0 Å². The summed E-state index contributed by atoms with van der Waals surface area (Å²) < 4.78 is 10.5. The molecule has 1 saturated heterocycles. The Bertz CT molecular complexity index is 1030. The molecule has 4 rings (SSSR count). The molecule has 1 fully saturated rings. The van der Waals surface area contributed by atoms with Crippen molar-refractivity contribution < 1.29 is 14.1 Å². The van der Waals surface area contributed by atoms with Crippen LogP contribution >= 0.6 is 11.6 Å². The molecule has 0 atom stereocenters. The number of hydrogen-bond donors (Lipinski definition) is 1. The summed E-state index contributed by atoms with van der Waals surface area (Å²) in [6, 6.07) is 15.4. The highest BCUT2D eigenvalue weighted by molar-refractivity contribution is 6.30. The van der Waals surface area contributed by atoms with Crippen molar-refractivity contribution in [1.29, 1.82) is 0 Å². The molecule has 0 radical (unpaired) electrons. The summed E-state index contributed by atoms with van der Waals surface area (Å²) in [5.41, 5.74) is 1.99. The quantitative estimate of drug-likeness (QED) is 0.599. The second kappa shape index (κ2) is 9.94. The van der Waals surface area contributed by atoms with Gasteiger partial charge < -0.3 is 14.6 Å². The molecule has 31 heavy (non-hydrogen) atoms. The lowest BCUT2D eigenvalue weighted by atomic mass is 9.95. The summed E-state index contributed by atoms with van der Waals surface area (Å²) >= 11 is 6.07. The van der Waals surface area contributed by atoms with Gasteiger partial charge in [-0.15, -0.1) is 0 Å². The zero-order chi connectivity index (χ0) is 21.6. The fourth-order valence-corrected chi connectivity index (χ4v) is 3.97. The molecule has 3 aromatic rings. The van der Waals surface area contributed by atoms with Crippen LogP contribution in [0, 0.1) is 5.92 Å². The van der Waals surface area contributed by atoms with Gasteiger partial charge in [-0.1, -0.05) is 41.0 Å². The van der Waals surface area contributed by atoms with Crippen LogP contribution in [0.3, 0.4) is 0 Å². The average Bonchev–Trinajstić information content (AvgIpc) is 3.27. The lowest BCUT2D eigenvalue weighted by molar-refractivity contribution is -0.126. The van der Waals surface area contributed by atoms with E-state index in [-0.39, 0.29) is 18.4 Å². The van der Waals surface area contributed by atoms with Crippen LogP contribution in [-0.2, 0) is 17.9 Å². The van der Waals surface area contributed by atoms with Gasteiger partial charge in [-0.3, -0.25) is 9.69 Å². The molecule has 1 N–H and O–H groups in total. The Balaban J connectivity index is 1.25. The van der Waals surface area contributed by atoms with Gasteiger partial charge in [0.25, 0.3) is 0 Å². The van der Waals surface area contributed by atoms with Crippen molar-refractivity contribution >= 4 is 17.5 Å². The van der Waals surface area contributed by atoms with Gasteiger partial charge in [0.15, 0.2) is 0 Å². The van der Waals surface area contributed by atoms with Gasteiger partial charge in [-0.05, 0) is 55.8 Å². The molecular formula is C23H25ClN4O3. The second-order valence-electron chi connectivity index (χ2n) is 7.64. The predicted molar refractivity (Wildman–Crippen MR) is 118 cm³/mol. The number of amides is 1. The first-order valence-electron chi connectivity index (χ1n) is 10.3. The van der Waals surface area contributed by atoms with E-state index in [2.05, 4.69) is 26.4 Å². The van der Waals surface area contributed by atoms with Crippen LogP contribution in [0.4, 0.5) is 0 Å². The van der Waals surface area contributed by atoms with Crippen LogP contribution in [0.2, 0.25) is 5.02 Å². The van der Waals surface area contributed by atoms with Gasteiger partial charge in [0.05, 0.1) is 13.7 Å². The Labute approximate surface area is 186 Å². The molecule has 162 valence electrons. The Kier molecular flexibility index (Phi) is 6.84. The van der Waals surface area contributed by atoms with Crippen molar-refractivity contribution in [2.75, 3.05) is 20.2 Å². The minimum atomic E-state index is -0.00334. The predicted octanol–water partition coefficient (Wildman–Crippen LogP) is 3.93. The maximum atomic E-state index is 12.6. The highest BCUT2D eigenvalue weighted by Gasteiger charge is 2.25. The summed E-state index contributed by atoms with van der Waals surface area (Å²) in [5, 5.41) is 7.68. The average molecular weight is 441 g/mol. The highest BCUT2D eigenvalue weighted by Crippen LogP contribution is 2.22. The van der Waals surface area contributed by atoms with E-state index in [9.17, 15) is 4.79 Å². The van der Waals surface area contributed by atoms with Gasteiger partial charge in [0.1, 0.15) is 5.75 Å². The number of rotatable bonds is 7. The number of nitrogens with one attached hydrogen (secondary N) is 1. The molecule has 1 aliphatic heterocycles. The molecule has 0 bridgehead atoms. The molecule has 1 amide bonds. The molecular weight excluding hydrogens is 416 g/mol. The molecule has 1 aliphatic rings. The monoisotopic (exact) mass is 440 g/mol. The maximum Gasteiger partial charge on any atom is 0.246 e. The second-order valence-corrected chi connectivity index (χ2v) is 8.08. The molecule has 2 heterocycles. The van der Waals surface area contributed by atoms with Crippen LogP contribution < -0.4 is 10.1 Å². The number of carbonyl (C=O) groups excluding carboxylic acids is 1. The van der Waals surface area contributed by atoms with Crippen LogP contribution in [-0.4, -0.2) is 41.1 Å². The van der Waals surface area contributed by atoms with Gasteiger partial charge in [-0.2, -0.15) is 4.98 Å². The smallest absolute Gasteiger partial charge is 0.246 e. The zero-order valence-corrected chi connectivity index (χ0v) is 18.1. The van der Waals surface area contributed by atoms with E-state index in [1.165, 1.54) is 5.56 Å². The van der Waals surface area contributed by atoms with E-state index in [1.807, 2.05) is 42.5 Å². The number of halogens is 1. The van der Waals surface area contributed by atoms with Crippen molar-refractivity contribution in [2.24, 2.45) is 5.92 Å². The van der Waals surface area contributed by atoms with E-state index in [0.717, 1.165) is 48.8 Å². The molecule has 8 heteroatoms. The van der Waals surface area contributed by atoms with Gasteiger partial charge in [0, 0.05) is 23.0 Å². The zero-order valence-electron chi connectivity index (χ0n) is 17.4. The molecule has 0 aliphatic carbocycles. The van der Waals surface area contributed by atoms with Crippen molar-refractivity contribution in [1.82, 2.24) is 20.4 Å². The Morgan fingerprint density at radius 1 is 1.23 bits per heavy atom. The Morgan fingerprint density at radius 3 is 2.81 bits per heavy atom. The minimum absolute atomic E-state index is 0.00334. The van der Waals surface area contributed by atoms with Gasteiger partial charge in [0.2, 0.25) is 17.6 Å². The van der Waals surface area contributed by atoms with Gasteiger partial charge >= 0.3 is 0 Å². The molecule has 2 aromatic carbocycles. The summed E-state index contributed by atoms with van der Waals surface area (Å²) in [5.74, 6) is 1.60. The van der Waals surface area contributed by atoms with E-state index in [1.54, 1.807) is 7.11 Å². The summed E-state index contributed by atoms with van der Waals surface area (Å²) in [6.07, 6.45) is 1.65. The first-order valence-corrected chi connectivity index (χ1v) is 10.7. The number of hydrogen-bond acceptors (Lipinski definition) is 6. The SMILES string of the molecule is COc1cccc(-c2noc(CNC(=O)C3CCN(Cc4cccc(Cl)c4)CC3)n2)c1. The summed E-state index contributed by atoms with van der Waals surface area (Å²) in [4.78, 5) is 19.3.